The number of anilines is 1. The Bertz CT molecular complexity index is 757. The Morgan fingerprint density at radius 2 is 1.89 bits per heavy atom. The zero-order valence-electron chi connectivity index (χ0n) is 15.8. The molecule has 2 aromatic rings. The van der Waals surface area contributed by atoms with Gasteiger partial charge in [0, 0.05) is 37.1 Å². The van der Waals surface area contributed by atoms with E-state index in [4.69, 9.17) is 9.47 Å². The highest BCUT2D eigenvalue weighted by Crippen LogP contribution is 2.28. The van der Waals surface area contributed by atoms with Crippen molar-refractivity contribution in [1.82, 2.24) is 9.78 Å². The fourth-order valence-corrected chi connectivity index (χ4v) is 3.98. The molecule has 2 saturated heterocycles. The maximum atomic E-state index is 11.7. The largest absolute Gasteiger partial charge is 0.469 e. The SMILES string of the molecule is COC(=O)C1CCN(c2ccc(-c3cnn(C4CCCCO4)c3)cc2)CC1. The average molecular weight is 369 g/mol. The molecule has 2 aliphatic heterocycles. The number of carbonyl (C=O) groups excluding carboxylic acids is 1. The number of aromatic nitrogens is 2. The quantitative estimate of drug-likeness (QED) is 0.770. The van der Waals surface area contributed by atoms with Crippen molar-refractivity contribution in [1.29, 1.82) is 0 Å². The lowest BCUT2D eigenvalue weighted by Crippen LogP contribution is -2.36. The number of piperidine rings is 1. The zero-order chi connectivity index (χ0) is 18.6. The molecule has 0 saturated carbocycles. The van der Waals surface area contributed by atoms with Gasteiger partial charge in [-0.25, -0.2) is 4.68 Å². The highest BCUT2D eigenvalue weighted by molar-refractivity contribution is 5.73. The molecule has 2 fully saturated rings. The van der Waals surface area contributed by atoms with Gasteiger partial charge in [-0.3, -0.25) is 4.79 Å². The summed E-state index contributed by atoms with van der Waals surface area (Å²) >= 11 is 0. The third-order valence-corrected chi connectivity index (χ3v) is 5.65. The standard InChI is InChI=1S/C21H27N3O3/c1-26-21(25)17-9-11-23(12-10-17)19-7-5-16(6-8-19)18-14-22-24(15-18)20-4-2-3-13-27-20/h5-8,14-15,17,20H,2-4,9-13H2,1H3. The summed E-state index contributed by atoms with van der Waals surface area (Å²) in [6.07, 6.45) is 9.13. The van der Waals surface area contributed by atoms with Gasteiger partial charge in [-0.15, -0.1) is 0 Å². The highest BCUT2D eigenvalue weighted by atomic mass is 16.5. The van der Waals surface area contributed by atoms with Crippen molar-refractivity contribution in [2.24, 2.45) is 5.92 Å². The first kappa shape index (κ1) is 18.0. The van der Waals surface area contributed by atoms with E-state index in [-0.39, 0.29) is 18.1 Å². The van der Waals surface area contributed by atoms with E-state index in [0.717, 1.165) is 56.5 Å². The number of hydrogen-bond acceptors (Lipinski definition) is 5. The van der Waals surface area contributed by atoms with Crippen LogP contribution in [0, 0.1) is 5.92 Å². The molecule has 27 heavy (non-hydrogen) atoms. The van der Waals surface area contributed by atoms with Crippen LogP contribution < -0.4 is 4.90 Å². The van der Waals surface area contributed by atoms with Crippen LogP contribution >= 0.6 is 0 Å². The molecule has 4 rings (SSSR count). The van der Waals surface area contributed by atoms with Gasteiger partial charge in [0.1, 0.15) is 6.23 Å². The minimum absolute atomic E-state index is 0.0402. The van der Waals surface area contributed by atoms with Crippen LogP contribution in [0.3, 0.4) is 0 Å². The van der Waals surface area contributed by atoms with Crippen LogP contribution in [0.1, 0.15) is 38.3 Å². The van der Waals surface area contributed by atoms with Gasteiger partial charge in [-0.05, 0) is 49.8 Å². The van der Waals surface area contributed by atoms with Crippen molar-refractivity contribution in [3.8, 4) is 11.1 Å². The first-order valence-electron chi connectivity index (χ1n) is 9.83. The first-order valence-corrected chi connectivity index (χ1v) is 9.83. The van der Waals surface area contributed by atoms with Gasteiger partial charge in [0.2, 0.25) is 0 Å². The predicted molar refractivity (Wildman–Crippen MR) is 103 cm³/mol. The Morgan fingerprint density at radius 3 is 2.56 bits per heavy atom. The molecule has 1 aromatic carbocycles. The lowest BCUT2D eigenvalue weighted by atomic mass is 9.96. The molecule has 1 atom stereocenters. The van der Waals surface area contributed by atoms with E-state index >= 15 is 0 Å². The van der Waals surface area contributed by atoms with Crippen molar-refractivity contribution in [3.63, 3.8) is 0 Å². The molecule has 0 N–H and O–H groups in total. The molecule has 0 bridgehead atoms. The predicted octanol–water partition coefficient (Wildman–Crippen LogP) is 3.64. The third-order valence-electron chi connectivity index (χ3n) is 5.65. The maximum Gasteiger partial charge on any atom is 0.308 e. The number of methoxy groups -OCH3 is 1. The van der Waals surface area contributed by atoms with Crippen LogP contribution in [-0.4, -0.2) is 42.6 Å². The van der Waals surface area contributed by atoms with E-state index in [9.17, 15) is 4.79 Å². The fourth-order valence-electron chi connectivity index (χ4n) is 3.98. The van der Waals surface area contributed by atoms with Gasteiger partial charge >= 0.3 is 5.97 Å². The van der Waals surface area contributed by atoms with Crippen molar-refractivity contribution in [2.75, 3.05) is 31.7 Å². The van der Waals surface area contributed by atoms with E-state index in [1.165, 1.54) is 19.2 Å². The molecule has 1 aromatic heterocycles. The van der Waals surface area contributed by atoms with E-state index in [2.05, 4.69) is 40.5 Å². The Labute approximate surface area is 160 Å². The smallest absolute Gasteiger partial charge is 0.308 e. The molecular weight excluding hydrogens is 342 g/mol. The summed E-state index contributed by atoms with van der Waals surface area (Å²) in [5.41, 5.74) is 3.47. The lowest BCUT2D eigenvalue weighted by molar-refractivity contribution is -0.146. The van der Waals surface area contributed by atoms with E-state index in [1.54, 1.807) is 0 Å². The first-order chi connectivity index (χ1) is 13.2. The minimum atomic E-state index is -0.0797. The monoisotopic (exact) mass is 369 g/mol. The normalized spacial score (nSPS) is 21.2. The Balaban J connectivity index is 1.39. The average Bonchev–Trinajstić information content (AvgIpc) is 3.24. The Kier molecular flexibility index (Phi) is 5.43. The van der Waals surface area contributed by atoms with Crippen molar-refractivity contribution < 1.29 is 14.3 Å². The molecule has 6 heteroatoms. The summed E-state index contributed by atoms with van der Waals surface area (Å²) in [6, 6.07) is 8.60. The summed E-state index contributed by atoms with van der Waals surface area (Å²) in [7, 11) is 1.47. The topological polar surface area (TPSA) is 56.6 Å². The highest BCUT2D eigenvalue weighted by Gasteiger charge is 2.25. The van der Waals surface area contributed by atoms with Crippen LogP contribution in [0.15, 0.2) is 36.7 Å². The molecular formula is C21H27N3O3. The number of nitrogens with zero attached hydrogens (tertiary/aromatic N) is 3. The van der Waals surface area contributed by atoms with Gasteiger partial charge in [-0.2, -0.15) is 5.10 Å². The van der Waals surface area contributed by atoms with Crippen molar-refractivity contribution >= 4 is 11.7 Å². The molecule has 144 valence electrons. The van der Waals surface area contributed by atoms with Gasteiger partial charge in [0.05, 0.1) is 19.2 Å². The van der Waals surface area contributed by atoms with E-state index in [1.807, 2.05) is 10.9 Å². The number of rotatable bonds is 4. The van der Waals surface area contributed by atoms with Crippen molar-refractivity contribution in [2.45, 2.75) is 38.3 Å². The summed E-state index contributed by atoms with van der Waals surface area (Å²) in [5, 5.41) is 4.50. The Hall–Kier alpha value is -2.34. The van der Waals surface area contributed by atoms with Crippen LogP contribution in [0.4, 0.5) is 5.69 Å². The third kappa shape index (κ3) is 4.00. The summed E-state index contributed by atoms with van der Waals surface area (Å²) < 4.78 is 12.6. The van der Waals surface area contributed by atoms with Crippen molar-refractivity contribution in [3.05, 3.63) is 36.7 Å². The maximum absolute atomic E-state index is 11.7. The van der Waals surface area contributed by atoms with Gasteiger partial charge in [0.25, 0.3) is 0 Å². The molecule has 6 nitrogen and oxygen atoms in total. The second kappa shape index (κ2) is 8.13. The second-order valence-corrected chi connectivity index (χ2v) is 7.36. The lowest BCUT2D eigenvalue weighted by Gasteiger charge is -2.32. The second-order valence-electron chi connectivity index (χ2n) is 7.36. The van der Waals surface area contributed by atoms with E-state index < -0.39 is 0 Å². The molecule has 0 spiro atoms. The summed E-state index contributed by atoms with van der Waals surface area (Å²) in [4.78, 5) is 14.0. The summed E-state index contributed by atoms with van der Waals surface area (Å²) in [5.74, 6) is -0.0395. The molecule has 3 heterocycles. The zero-order valence-corrected chi connectivity index (χ0v) is 15.8. The van der Waals surface area contributed by atoms with Gasteiger partial charge in [-0.1, -0.05) is 12.1 Å². The van der Waals surface area contributed by atoms with Crippen LogP contribution in [0.25, 0.3) is 11.1 Å². The molecule has 1 unspecified atom stereocenters. The number of carbonyl (C=O) groups is 1. The van der Waals surface area contributed by atoms with Crippen LogP contribution in [0.5, 0.6) is 0 Å². The van der Waals surface area contributed by atoms with E-state index in [0.29, 0.717) is 0 Å². The minimum Gasteiger partial charge on any atom is -0.469 e. The number of benzene rings is 1. The van der Waals surface area contributed by atoms with Crippen LogP contribution in [-0.2, 0) is 14.3 Å². The molecule has 2 aliphatic rings. The molecule has 0 aliphatic carbocycles. The van der Waals surface area contributed by atoms with Gasteiger partial charge in [0.15, 0.2) is 0 Å². The number of esters is 1. The van der Waals surface area contributed by atoms with Crippen LogP contribution in [0.2, 0.25) is 0 Å². The number of hydrogen-bond donors (Lipinski definition) is 0. The molecule has 0 amide bonds. The molecule has 0 radical (unpaired) electrons. The fraction of sp³-hybridized carbons (Fsp3) is 0.524. The van der Waals surface area contributed by atoms with Gasteiger partial charge < -0.3 is 14.4 Å². The Morgan fingerprint density at radius 1 is 1.11 bits per heavy atom. The number of ether oxygens (including phenoxy) is 2. The summed E-state index contributed by atoms with van der Waals surface area (Å²) in [6.45, 7) is 2.59.